The van der Waals surface area contributed by atoms with Crippen LogP contribution < -0.4 is 0 Å². The molecule has 3 heteroatoms. The first-order valence-corrected chi connectivity index (χ1v) is 8.95. The maximum Gasteiger partial charge on any atom is 0.314 e. The fourth-order valence-electron chi connectivity index (χ4n) is 3.71. The highest BCUT2D eigenvalue weighted by atomic mass is 16.5. The van der Waals surface area contributed by atoms with Crippen molar-refractivity contribution in [2.75, 3.05) is 26.2 Å². The van der Waals surface area contributed by atoms with Crippen molar-refractivity contribution in [3.8, 4) is 0 Å². The summed E-state index contributed by atoms with van der Waals surface area (Å²) in [5.41, 5.74) is 1.08. The number of ether oxygens (including phenoxy) is 1. The Morgan fingerprint density at radius 3 is 2.65 bits per heavy atom. The standard InChI is InChI=1S/C20H27NO2/c22-20(23-16-15-21-13-7-8-14-21)19(17-9-3-1-4-10-17)18-11-5-2-6-12-18/h1,3-5,9-11,18-19H,2,6-8,12-16H2. The number of esters is 1. The quantitative estimate of drug-likeness (QED) is 0.591. The summed E-state index contributed by atoms with van der Waals surface area (Å²) in [6.45, 7) is 3.67. The van der Waals surface area contributed by atoms with Crippen LogP contribution in [0.5, 0.6) is 0 Å². The van der Waals surface area contributed by atoms with Crippen molar-refractivity contribution in [2.45, 2.75) is 38.0 Å². The van der Waals surface area contributed by atoms with Crippen LogP contribution in [0.3, 0.4) is 0 Å². The molecule has 1 saturated heterocycles. The van der Waals surface area contributed by atoms with Crippen molar-refractivity contribution >= 4 is 5.97 Å². The molecule has 1 fully saturated rings. The second-order valence-electron chi connectivity index (χ2n) is 6.63. The fourth-order valence-corrected chi connectivity index (χ4v) is 3.71. The molecule has 1 heterocycles. The Hall–Kier alpha value is -1.61. The number of rotatable bonds is 6. The normalized spacial score (nSPS) is 22.9. The van der Waals surface area contributed by atoms with Crippen molar-refractivity contribution in [3.05, 3.63) is 48.0 Å². The van der Waals surface area contributed by atoms with E-state index in [1.807, 2.05) is 18.2 Å². The number of allylic oxidation sites excluding steroid dienone is 2. The van der Waals surface area contributed by atoms with Gasteiger partial charge in [0.25, 0.3) is 0 Å². The van der Waals surface area contributed by atoms with Gasteiger partial charge in [-0.2, -0.15) is 0 Å². The molecule has 1 aliphatic carbocycles. The van der Waals surface area contributed by atoms with Crippen LogP contribution in [0.25, 0.3) is 0 Å². The average Bonchev–Trinajstić information content (AvgIpc) is 3.10. The largest absolute Gasteiger partial charge is 0.464 e. The first kappa shape index (κ1) is 16.3. The fraction of sp³-hybridized carbons (Fsp3) is 0.550. The third kappa shape index (κ3) is 4.44. The van der Waals surface area contributed by atoms with Crippen LogP contribution >= 0.6 is 0 Å². The van der Waals surface area contributed by atoms with E-state index in [0.717, 1.165) is 44.5 Å². The molecule has 0 bridgehead atoms. The van der Waals surface area contributed by atoms with Gasteiger partial charge in [-0.15, -0.1) is 0 Å². The number of hydrogen-bond acceptors (Lipinski definition) is 3. The maximum absolute atomic E-state index is 12.7. The summed E-state index contributed by atoms with van der Waals surface area (Å²) in [5, 5.41) is 0. The van der Waals surface area contributed by atoms with Gasteiger partial charge in [-0.25, -0.2) is 0 Å². The van der Waals surface area contributed by atoms with Crippen molar-refractivity contribution in [2.24, 2.45) is 5.92 Å². The van der Waals surface area contributed by atoms with Gasteiger partial charge < -0.3 is 4.74 Å². The lowest BCUT2D eigenvalue weighted by molar-refractivity contribution is -0.147. The van der Waals surface area contributed by atoms with Gasteiger partial charge in [0, 0.05) is 6.54 Å². The molecule has 0 spiro atoms. The molecule has 0 aromatic heterocycles. The minimum Gasteiger partial charge on any atom is -0.464 e. The second kappa shape index (κ2) is 8.30. The smallest absolute Gasteiger partial charge is 0.314 e. The maximum atomic E-state index is 12.7. The molecule has 3 nitrogen and oxygen atoms in total. The first-order chi connectivity index (χ1) is 11.3. The summed E-state index contributed by atoms with van der Waals surface area (Å²) in [6.07, 6.45) is 10.3. The van der Waals surface area contributed by atoms with Crippen LogP contribution in [0.2, 0.25) is 0 Å². The number of likely N-dealkylation sites (tertiary alicyclic amines) is 1. The van der Waals surface area contributed by atoms with Crippen molar-refractivity contribution in [1.82, 2.24) is 4.90 Å². The first-order valence-electron chi connectivity index (χ1n) is 8.95. The van der Waals surface area contributed by atoms with Crippen molar-refractivity contribution in [1.29, 1.82) is 0 Å². The third-order valence-electron chi connectivity index (χ3n) is 4.98. The molecule has 3 rings (SSSR count). The van der Waals surface area contributed by atoms with Gasteiger partial charge in [0.2, 0.25) is 0 Å². The topological polar surface area (TPSA) is 29.5 Å². The summed E-state index contributed by atoms with van der Waals surface area (Å²) in [6, 6.07) is 10.1. The second-order valence-corrected chi connectivity index (χ2v) is 6.63. The highest BCUT2D eigenvalue weighted by molar-refractivity contribution is 5.79. The highest BCUT2D eigenvalue weighted by Gasteiger charge is 2.30. The van der Waals surface area contributed by atoms with Crippen LogP contribution in [0.4, 0.5) is 0 Å². The molecule has 0 N–H and O–H groups in total. The molecule has 1 aliphatic heterocycles. The Labute approximate surface area is 139 Å². The number of carbonyl (C=O) groups excluding carboxylic acids is 1. The predicted molar refractivity (Wildman–Crippen MR) is 92.3 cm³/mol. The Kier molecular flexibility index (Phi) is 5.87. The van der Waals surface area contributed by atoms with E-state index in [1.165, 1.54) is 12.8 Å². The lowest BCUT2D eigenvalue weighted by Crippen LogP contribution is -2.29. The molecular formula is C20H27NO2. The van der Waals surface area contributed by atoms with Gasteiger partial charge in [-0.1, -0.05) is 42.5 Å². The zero-order chi connectivity index (χ0) is 15.9. The zero-order valence-corrected chi connectivity index (χ0v) is 13.8. The van der Waals surface area contributed by atoms with Crippen LogP contribution in [0, 0.1) is 5.92 Å². The lowest BCUT2D eigenvalue weighted by atomic mass is 9.80. The summed E-state index contributed by atoms with van der Waals surface area (Å²) >= 11 is 0. The molecule has 0 saturated carbocycles. The van der Waals surface area contributed by atoms with Gasteiger partial charge >= 0.3 is 5.97 Å². The number of carbonyl (C=O) groups is 1. The van der Waals surface area contributed by atoms with Gasteiger partial charge in [-0.05, 0) is 56.7 Å². The summed E-state index contributed by atoms with van der Waals surface area (Å²) in [7, 11) is 0. The molecule has 23 heavy (non-hydrogen) atoms. The summed E-state index contributed by atoms with van der Waals surface area (Å²) in [4.78, 5) is 15.1. The molecule has 0 radical (unpaired) electrons. The minimum absolute atomic E-state index is 0.0630. The number of hydrogen-bond donors (Lipinski definition) is 0. The van der Waals surface area contributed by atoms with E-state index < -0.39 is 0 Å². The Bertz CT molecular complexity index is 520. The monoisotopic (exact) mass is 313 g/mol. The molecule has 1 aromatic carbocycles. The van der Waals surface area contributed by atoms with E-state index in [4.69, 9.17) is 4.74 Å². The molecule has 1 aromatic rings. The molecule has 2 unspecified atom stereocenters. The van der Waals surface area contributed by atoms with E-state index in [1.54, 1.807) is 0 Å². The molecule has 2 atom stereocenters. The Morgan fingerprint density at radius 1 is 1.17 bits per heavy atom. The minimum atomic E-state index is -0.161. The average molecular weight is 313 g/mol. The Morgan fingerprint density at radius 2 is 1.96 bits per heavy atom. The van der Waals surface area contributed by atoms with E-state index >= 15 is 0 Å². The summed E-state index contributed by atoms with van der Waals surface area (Å²) in [5.74, 6) is 0.0451. The van der Waals surface area contributed by atoms with Crippen LogP contribution in [-0.2, 0) is 9.53 Å². The Balaban J connectivity index is 1.63. The van der Waals surface area contributed by atoms with Gasteiger partial charge in [0.1, 0.15) is 6.61 Å². The van der Waals surface area contributed by atoms with Crippen LogP contribution in [0.1, 0.15) is 43.6 Å². The van der Waals surface area contributed by atoms with Crippen molar-refractivity contribution < 1.29 is 9.53 Å². The van der Waals surface area contributed by atoms with Gasteiger partial charge in [0.05, 0.1) is 5.92 Å². The van der Waals surface area contributed by atoms with E-state index in [-0.39, 0.29) is 17.8 Å². The molecular weight excluding hydrogens is 286 g/mol. The van der Waals surface area contributed by atoms with Crippen molar-refractivity contribution in [3.63, 3.8) is 0 Å². The number of benzene rings is 1. The highest BCUT2D eigenvalue weighted by Crippen LogP contribution is 2.33. The van der Waals surface area contributed by atoms with E-state index in [2.05, 4.69) is 29.2 Å². The van der Waals surface area contributed by atoms with E-state index in [0.29, 0.717) is 6.61 Å². The lowest BCUT2D eigenvalue weighted by Gasteiger charge is -2.26. The summed E-state index contributed by atoms with van der Waals surface area (Å²) < 4.78 is 5.66. The number of nitrogens with zero attached hydrogens (tertiary/aromatic N) is 1. The third-order valence-corrected chi connectivity index (χ3v) is 4.98. The van der Waals surface area contributed by atoms with Gasteiger partial charge in [0.15, 0.2) is 0 Å². The van der Waals surface area contributed by atoms with E-state index in [9.17, 15) is 4.79 Å². The van der Waals surface area contributed by atoms with Crippen LogP contribution in [-0.4, -0.2) is 37.1 Å². The molecule has 2 aliphatic rings. The molecule has 0 amide bonds. The van der Waals surface area contributed by atoms with Gasteiger partial charge in [-0.3, -0.25) is 9.69 Å². The predicted octanol–water partition coefficient (Wildman–Crippen LogP) is 3.77. The SMILES string of the molecule is O=C(OCCN1CCCC1)C(c1ccccc1)C1C=CCCC1. The van der Waals surface area contributed by atoms with Crippen LogP contribution in [0.15, 0.2) is 42.5 Å². The zero-order valence-electron chi connectivity index (χ0n) is 13.8. The molecule has 124 valence electrons.